The maximum atomic E-state index is 11.1. The van der Waals surface area contributed by atoms with Crippen LogP contribution in [-0.2, 0) is 0 Å². The molecule has 0 aliphatic carbocycles. The van der Waals surface area contributed by atoms with Crippen molar-refractivity contribution in [3.05, 3.63) is 46.5 Å². The van der Waals surface area contributed by atoms with Crippen LogP contribution in [0.1, 0.15) is 29.8 Å². The Bertz CT molecular complexity index is 549. The van der Waals surface area contributed by atoms with E-state index in [1.807, 2.05) is 45.0 Å². The predicted octanol–water partition coefficient (Wildman–Crippen LogP) is 3.93. The molecule has 2 aromatic carbocycles. The van der Waals surface area contributed by atoms with Gasteiger partial charge in [0.15, 0.2) is 0 Å². The van der Waals surface area contributed by atoms with Crippen LogP contribution in [0.2, 0.25) is 5.02 Å². The summed E-state index contributed by atoms with van der Waals surface area (Å²) in [5, 5.41) is 2.64. The Morgan fingerprint density at radius 2 is 1.76 bits per heavy atom. The lowest BCUT2D eigenvalue weighted by molar-refractivity contribution is 0.1000. The zero-order valence-corrected chi connectivity index (χ0v) is 11.0. The lowest BCUT2D eigenvalue weighted by atomic mass is 10.0. The Kier molecular flexibility index (Phi) is 4.53. The molecule has 0 spiro atoms. The highest BCUT2D eigenvalue weighted by atomic mass is 35.5. The summed E-state index contributed by atoms with van der Waals surface area (Å²) in [5.74, 6) is -0.408. The van der Waals surface area contributed by atoms with E-state index >= 15 is 0 Å². The molecular weight excluding hydrogens is 234 g/mol. The molecule has 3 heteroatoms. The first kappa shape index (κ1) is 13.5. The zero-order chi connectivity index (χ0) is 13.0. The average molecular weight is 250 g/mol. The van der Waals surface area contributed by atoms with Crippen molar-refractivity contribution in [1.29, 1.82) is 0 Å². The van der Waals surface area contributed by atoms with Gasteiger partial charge in [0.05, 0.1) is 0 Å². The lowest BCUT2D eigenvalue weighted by Gasteiger charge is -2.05. The zero-order valence-electron chi connectivity index (χ0n) is 10.3. The van der Waals surface area contributed by atoms with E-state index in [9.17, 15) is 4.79 Å². The largest absolute Gasteiger partial charge is 0.366 e. The molecule has 17 heavy (non-hydrogen) atoms. The summed E-state index contributed by atoms with van der Waals surface area (Å²) in [6.45, 7) is 5.87. The van der Waals surface area contributed by atoms with E-state index in [1.165, 1.54) is 0 Å². The minimum absolute atomic E-state index is 0.408. The number of nitrogens with two attached hydrogens (primary N) is 1. The highest BCUT2D eigenvalue weighted by Crippen LogP contribution is 2.22. The molecule has 0 atom stereocenters. The number of benzene rings is 2. The van der Waals surface area contributed by atoms with E-state index in [0.717, 1.165) is 16.3 Å². The van der Waals surface area contributed by atoms with E-state index in [1.54, 1.807) is 6.07 Å². The highest BCUT2D eigenvalue weighted by Gasteiger charge is 2.06. The number of rotatable bonds is 1. The summed E-state index contributed by atoms with van der Waals surface area (Å²) >= 11 is 5.87. The summed E-state index contributed by atoms with van der Waals surface area (Å²) in [6.07, 6.45) is 0. The minimum atomic E-state index is -0.408. The Hall–Kier alpha value is -1.54. The van der Waals surface area contributed by atoms with Gasteiger partial charge >= 0.3 is 0 Å². The van der Waals surface area contributed by atoms with Crippen molar-refractivity contribution >= 4 is 28.3 Å². The number of fused-ring (bicyclic) bond motifs is 1. The van der Waals surface area contributed by atoms with Gasteiger partial charge < -0.3 is 5.73 Å². The van der Waals surface area contributed by atoms with Crippen LogP contribution in [0, 0.1) is 6.92 Å². The molecule has 0 aliphatic heterocycles. The predicted molar refractivity (Wildman–Crippen MR) is 73.6 cm³/mol. The normalized spacial score (nSPS) is 9.65. The van der Waals surface area contributed by atoms with Crippen LogP contribution in [0.25, 0.3) is 10.8 Å². The summed E-state index contributed by atoms with van der Waals surface area (Å²) in [4.78, 5) is 11.1. The standard InChI is InChI=1S/C12H10ClNO.C2H6/c1-7-4-8-2-3-10(13)5-9(8)6-11(7)12(14)15;1-2/h2-6H,1H3,(H2,14,15);1-2H3. The van der Waals surface area contributed by atoms with Crippen molar-refractivity contribution in [2.24, 2.45) is 5.73 Å². The number of primary amides is 1. The quantitative estimate of drug-likeness (QED) is 0.818. The maximum absolute atomic E-state index is 11.1. The number of carbonyl (C=O) groups is 1. The lowest BCUT2D eigenvalue weighted by Crippen LogP contribution is -2.12. The molecule has 2 aromatic rings. The molecule has 90 valence electrons. The Morgan fingerprint density at radius 3 is 2.35 bits per heavy atom. The monoisotopic (exact) mass is 249 g/mol. The van der Waals surface area contributed by atoms with E-state index in [4.69, 9.17) is 17.3 Å². The van der Waals surface area contributed by atoms with Gasteiger partial charge in [-0.25, -0.2) is 0 Å². The third kappa shape index (κ3) is 2.98. The molecule has 0 heterocycles. The number of aryl methyl sites for hydroxylation is 1. The smallest absolute Gasteiger partial charge is 0.248 e. The fourth-order valence-electron chi connectivity index (χ4n) is 1.65. The summed E-state index contributed by atoms with van der Waals surface area (Å²) in [7, 11) is 0. The van der Waals surface area contributed by atoms with Crippen LogP contribution in [0.3, 0.4) is 0 Å². The van der Waals surface area contributed by atoms with E-state index in [0.29, 0.717) is 10.6 Å². The first-order valence-electron chi connectivity index (χ1n) is 5.57. The molecule has 0 saturated heterocycles. The van der Waals surface area contributed by atoms with Gasteiger partial charge in [0.1, 0.15) is 0 Å². The fourth-order valence-corrected chi connectivity index (χ4v) is 1.83. The van der Waals surface area contributed by atoms with Crippen LogP contribution < -0.4 is 5.73 Å². The summed E-state index contributed by atoms with van der Waals surface area (Å²) < 4.78 is 0. The average Bonchev–Trinajstić information content (AvgIpc) is 2.31. The Labute approximate surface area is 106 Å². The molecule has 1 amide bonds. The second kappa shape index (κ2) is 5.69. The maximum Gasteiger partial charge on any atom is 0.248 e. The topological polar surface area (TPSA) is 43.1 Å². The van der Waals surface area contributed by atoms with Crippen LogP contribution >= 0.6 is 11.6 Å². The van der Waals surface area contributed by atoms with Crippen molar-refractivity contribution in [2.75, 3.05) is 0 Å². The highest BCUT2D eigenvalue weighted by molar-refractivity contribution is 6.31. The Morgan fingerprint density at radius 1 is 1.12 bits per heavy atom. The number of halogens is 1. The van der Waals surface area contributed by atoms with E-state index in [-0.39, 0.29) is 0 Å². The first-order chi connectivity index (χ1) is 8.08. The van der Waals surface area contributed by atoms with Gasteiger partial charge in [-0.2, -0.15) is 0 Å². The van der Waals surface area contributed by atoms with Gasteiger partial charge in [-0.3, -0.25) is 4.79 Å². The molecule has 0 aromatic heterocycles. The van der Waals surface area contributed by atoms with Crippen LogP contribution in [0.4, 0.5) is 0 Å². The molecule has 0 radical (unpaired) electrons. The molecule has 0 unspecified atom stereocenters. The van der Waals surface area contributed by atoms with Gasteiger partial charge in [0, 0.05) is 10.6 Å². The van der Waals surface area contributed by atoms with Crippen molar-refractivity contribution in [2.45, 2.75) is 20.8 Å². The molecule has 2 N–H and O–H groups in total. The fraction of sp³-hybridized carbons (Fsp3) is 0.214. The number of hydrogen-bond donors (Lipinski definition) is 1. The van der Waals surface area contributed by atoms with E-state index in [2.05, 4.69) is 0 Å². The third-order valence-corrected chi connectivity index (χ3v) is 2.65. The number of hydrogen-bond acceptors (Lipinski definition) is 1. The second-order valence-electron chi connectivity index (χ2n) is 3.52. The van der Waals surface area contributed by atoms with Gasteiger partial charge in [0.2, 0.25) is 5.91 Å². The van der Waals surface area contributed by atoms with Gasteiger partial charge in [0.25, 0.3) is 0 Å². The summed E-state index contributed by atoms with van der Waals surface area (Å²) in [5.41, 5.74) is 6.70. The SMILES string of the molecule is CC.Cc1cc2ccc(Cl)cc2cc1C(N)=O. The second-order valence-corrected chi connectivity index (χ2v) is 3.96. The molecule has 0 aliphatic rings. The molecule has 2 rings (SSSR count). The third-order valence-electron chi connectivity index (χ3n) is 2.41. The van der Waals surface area contributed by atoms with Crippen molar-refractivity contribution in [1.82, 2.24) is 0 Å². The van der Waals surface area contributed by atoms with Crippen LogP contribution in [0.15, 0.2) is 30.3 Å². The molecular formula is C14H16ClNO. The molecule has 0 fully saturated rings. The molecule has 0 bridgehead atoms. The Balaban J connectivity index is 0.000000686. The number of amides is 1. The van der Waals surface area contributed by atoms with Crippen LogP contribution in [-0.4, -0.2) is 5.91 Å². The van der Waals surface area contributed by atoms with Gasteiger partial charge in [-0.1, -0.05) is 37.6 Å². The van der Waals surface area contributed by atoms with Crippen molar-refractivity contribution in [3.63, 3.8) is 0 Å². The van der Waals surface area contributed by atoms with Gasteiger partial charge in [-0.05, 0) is 41.5 Å². The minimum Gasteiger partial charge on any atom is -0.366 e. The van der Waals surface area contributed by atoms with Crippen LogP contribution in [0.5, 0.6) is 0 Å². The van der Waals surface area contributed by atoms with E-state index < -0.39 is 5.91 Å². The molecule has 2 nitrogen and oxygen atoms in total. The number of carbonyl (C=O) groups excluding carboxylic acids is 1. The first-order valence-corrected chi connectivity index (χ1v) is 5.95. The summed E-state index contributed by atoms with van der Waals surface area (Å²) in [6, 6.07) is 9.29. The van der Waals surface area contributed by atoms with Crippen molar-refractivity contribution < 1.29 is 4.79 Å². The molecule has 0 saturated carbocycles. The van der Waals surface area contributed by atoms with Gasteiger partial charge in [-0.15, -0.1) is 0 Å². The van der Waals surface area contributed by atoms with Crippen molar-refractivity contribution in [3.8, 4) is 0 Å².